The van der Waals surface area contributed by atoms with Crippen LogP contribution in [0.25, 0.3) is 0 Å². The van der Waals surface area contributed by atoms with Crippen LogP contribution in [0.2, 0.25) is 0 Å². The van der Waals surface area contributed by atoms with E-state index in [4.69, 9.17) is 5.73 Å². The van der Waals surface area contributed by atoms with Crippen molar-refractivity contribution in [2.75, 3.05) is 6.54 Å². The number of nitrogens with two attached hydrogens (primary N) is 1. The van der Waals surface area contributed by atoms with E-state index in [9.17, 15) is 5.11 Å². The van der Waals surface area contributed by atoms with Crippen LogP contribution in [0.4, 0.5) is 0 Å². The van der Waals surface area contributed by atoms with E-state index in [-0.39, 0.29) is 5.41 Å². The van der Waals surface area contributed by atoms with Crippen LogP contribution < -0.4 is 5.73 Å². The summed E-state index contributed by atoms with van der Waals surface area (Å²) in [6.07, 6.45) is 5.38. The molecule has 0 saturated heterocycles. The van der Waals surface area contributed by atoms with Gasteiger partial charge in [-0.2, -0.15) is 0 Å². The number of hydrogen-bond acceptors (Lipinski definition) is 3. The molecule has 1 aromatic rings. The highest BCUT2D eigenvalue weighted by Gasteiger charge is 2.39. The van der Waals surface area contributed by atoms with Crippen molar-refractivity contribution in [1.29, 1.82) is 0 Å². The Morgan fingerprint density at radius 1 is 1.47 bits per heavy atom. The van der Waals surface area contributed by atoms with Gasteiger partial charge in [0.1, 0.15) is 0 Å². The number of halogens is 1. The fourth-order valence-electron chi connectivity index (χ4n) is 2.76. The van der Waals surface area contributed by atoms with Gasteiger partial charge in [-0.25, -0.2) is 0 Å². The van der Waals surface area contributed by atoms with Gasteiger partial charge in [-0.1, -0.05) is 19.3 Å². The summed E-state index contributed by atoms with van der Waals surface area (Å²) in [5.74, 6) is 0. The SMILES string of the molecule is Cc1sc(C(O)C2(CN)CCCCC2)cc1Br. The molecule has 0 aliphatic heterocycles. The number of thiophene rings is 1. The molecule has 1 atom stereocenters. The highest BCUT2D eigenvalue weighted by Crippen LogP contribution is 2.47. The molecule has 1 unspecified atom stereocenters. The van der Waals surface area contributed by atoms with Gasteiger partial charge in [0.25, 0.3) is 0 Å². The lowest BCUT2D eigenvalue weighted by atomic mass is 9.70. The molecule has 0 radical (unpaired) electrons. The summed E-state index contributed by atoms with van der Waals surface area (Å²) < 4.78 is 1.10. The minimum atomic E-state index is -0.400. The van der Waals surface area contributed by atoms with E-state index in [1.807, 2.05) is 0 Å². The monoisotopic (exact) mass is 317 g/mol. The maximum atomic E-state index is 10.6. The normalized spacial score (nSPS) is 21.4. The van der Waals surface area contributed by atoms with Crippen LogP contribution in [0, 0.1) is 12.3 Å². The Balaban J connectivity index is 2.24. The average Bonchev–Trinajstić information content (AvgIpc) is 2.69. The van der Waals surface area contributed by atoms with Crippen molar-refractivity contribution in [1.82, 2.24) is 0 Å². The molecule has 1 saturated carbocycles. The second-order valence-corrected chi connectivity index (χ2v) is 7.22. The van der Waals surface area contributed by atoms with Crippen molar-refractivity contribution in [3.8, 4) is 0 Å². The topological polar surface area (TPSA) is 46.2 Å². The molecule has 17 heavy (non-hydrogen) atoms. The summed E-state index contributed by atoms with van der Waals surface area (Å²) in [7, 11) is 0. The quantitative estimate of drug-likeness (QED) is 0.891. The second kappa shape index (κ2) is 5.39. The van der Waals surface area contributed by atoms with Crippen LogP contribution in [0.3, 0.4) is 0 Å². The van der Waals surface area contributed by atoms with Crippen LogP contribution in [0.5, 0.6) is 0 Å². The predicted octanol–water partition coefficient (Wildman–Crippen LogP) is 3.76. The van der Waals surface area contributed by atoms with Gasteiger partial charge in [-0.3, -0.25) is 0 Å². The van der Waals surface area contributed by atoms with Gasteiger partial charge in [-0.05, 0) is 41.8 Å². The summed E-state index contributed by atoms with van der Waals surface area (Å²) >= 11 is 5.19. The summed E-state index contributed by atoms with van der Waals surface area (Å²) in [5.41, 5.74) is 5.87. The largest absolute Gasteiger partial charge is 0.387 e. The second-order valence-electron chi connectivity index (χ2n) is 5.08. The van der Waals surface area contributed by atoms with Gasteiger partial charge in [0.15, 0.2) is 0 Å². The maximum absolute atomic E-state index is 10.6. The lowest BCUT2D eigenvalue weighted by Crippen LogP contribution is -2.38. The highest BCUT2D eigenvalue weighted by atomic mass is 79.9. The molecule has 3 N–H and O–H groups in total. The molecule has 1 aliphatic rings. The Hall–Kier alpha value is 0.100. The molecule has 2 nitrogen and oxygen atoms in total. The zero-order valence-electron chi connectivity index (χ0n) is 10.2. The third kappa shape index (κ3) is 2.60. The molecular weight excluding hydrogens is 298 g/mol. The van der Waals surface area contributed by atoms with E-state index in [0.717, 1.165) is 22.2 Å². The van der Waals surface area contributed by atoms with Gasteiger partial charge in [0.2, 0.25) is 0 Å². The fourth-order valence-corrected chi connectivity index (χ4v) is 4.45. The van der Waals surface area contributed by atoms with E-state index in [0.29, 0.717) is 6.54 Å². The number of rotatable bonds is 3. The van der Waals surface area contributed by atoms with Crippen molar-refractivity contribution in [2.45, 2.75) is 45.1 Å². The van der Waals surface area contributed by atoms with Crippen molar-refractivity contribution >= 4 is 27.3 Å². The summed E-state index contributed by atoms with van der Waals surface area (Å²) in [4.78, 5) is 2.28. The lowest BCUT2D eigenvalue weighted by Gasteiger charge is -2.39. The Kier molecular flexibility index (Phi) is 4.29. The molecule has 0 bridgehead atoms. The molecule has 0 spiro atoms. The van der Waals surface area contributed by atoms with Gasteiger partial charge in [-0.15, -0.1) is 11.3 Å². The summed E-state index contributed by atoms with van der Waals surface area (Å²) in [5, 5.41) is 10.6. The van der Waals surface area contributed by atoms with Crippen LogP contribution in [0.1, 0.15) is 48.0 Å². The zero-order chi connectivity index (χ0) is 12.5. The van der Waals surface area contributed by atoms with E-state index in [1.165, 1.54) is 24.1 Å². The molecule has 1 aliphatic carbocycles. The average molecular weight is 318 g/mol. The number of hydrogen-bond donors (Lipinski definition) is 2. The first-order valence-corrected chi connectivity index (χ1v) is 7.84. The molecule has 0 aromatic carbocycles. The van der Waals surface area contributed by atoms with Crippen molar-refractivity contribution in [3.63, 3.8) is 0 Å². The van der Waals surface area contributed by atoms with Crippen molar-refractivity contribution in [3.05, 3.63) is 20.3 Å². The first kappa shape index (κ1) is 13.5. The molecule has 96 valence electrons. The minimum absolute atomic E-state index is 0.0883. The first-order chi connectivity index (χ1) is 8.09. The van der Waals surface area contributed by atoms with Crippen molar-refractivity contribution < 1.29 is 5.11 Å². The summed E-state index contributed by atoms with van der Waals surface area (Å²) in [6, 6.07) is 2.05. The number of aliphatic hydroxyl groups is 1. The maximum Gasteiger partial charge on any atom is 0.0950 e. The smallest absolute Gasteiger partial charge is 0.0950 e. The first-order valence-electron chi connectivity index (χ1n) is 6.23. The Bertz CT molecular complexity index is 365. The van der Waals surface area contributed by atoms with E-state index in [2.05, 4.69) is 28.9 Å². The van der Waals surface area contributed by atoms with Crippen LogP contribution in [-0.2, 0) is 0 Å². The van der Waals surface area contributed by atoms with Gasteiger partial charge in [0, 0.05) is 26.2 Å². The number of aryl methyl sites for hydroxylation is 1. The molecule has 1 aromatic heterocycles. The molecule has 0 amide bonds. The summed E-state index contributed by atoms with van der Waals surface area (Å²) in [6.45, 7) is 2.66. The van der Waals surface area contributed by atoms with Gasteiger partial charge >= 0.3 is 0 Å². The minimum Gasteiger partial charge on any atom is -0.387 e. The Morgan fingerprint density at radius 3 is 2.59 bits per heavy atom. The lowest BCUT2D eigenvalue weighted by molar-refractivity contribution is 0.00310. The fraction of sp³-hybridized carbons (Fsp3) is 0.692. The third-order valence-electron chi connectivity index (χ3n) is 3.98. The van der Waals surface area contributed by atoms with E-state index < -0.39 is 6.10 Å². The van der Waals surface area contributed by atoms with Crippen LogP contribution >= 0.6 is 27.3 Å². The Morgan fingerprint density at radius 2 is 2.12 bits per heavy atom. The molecular formula is C13H20BrNOS. The molecule has 4 heteroatoms. The standard InChI is InChI=1S/C13H20BrNOS/c1-9-10(14)7-11(17-9)12(16)13(8-15)5-3-2-4-6-13/h7,12,16H,2-6,8,15H2,1H3. The Labute approximate surface area is 115 Å². The van der Waals surface area contributed by atoms with Gasteiger partial charge in [0.05, 0.1) is 6.10 Å². The number of aliphatic hydroxyl groups excluding tert-OH is 1. The van der Waals surface area contributed by atoms with Crippen LogP contribution in [-0.4, -0.2) is 11.7 Å². The third-order valence-corrected chi connectivity index (χ3v) is 6.17. The van der Waals surface area contributed by atoms with Crippen molar-refractivity contribution in [2.24, 2.45) is 11.1 Å². The highest BCUT2D eigenvalue weighted by molar-refractivity contribution is 9.10. The van der Waals surface area contributed by atoms with E-state index in [1.54, 1.807) is 11.3 Å². The molecule has 1 heterocycles. The van der Waals surface area contributed by atoms with E-state index >= 15 is 0 Å². The molecule has 2 rings (SSSR count). The van der Waals surface area contributed by atoms with Gasteiger partial charge < -0.3 is 10.8 Å². The molecule has 1 fully saturated rings. The van der Waals surface area contributed by atoms with Crippen LogP contribution in [0.15, 0.2) is 10.5 Å². The predicted molar refractivity (Wildman–Crippen MR) is 76.3 cm³/mol. The zero-order valence-corrected chi connectivity index (χ0v) is 12.6.